The van der Waals surface area contributed by atoms with Crippen LogP contribution in [0.15, 0.2) is 29.4 Å². The molecule has 1 aliphatic rings. The van der Waals surface area contributed by atoms with Crippen LogP contribution in [0.1, 0.15) is 116 Å². The van der Waals surface area contributed by atoms with Crippen LogP contribution >= 0.6 is 35.2 Å². The second-order valence-electron chi connectivity index (χ2n) is 18.9. The summed E-state index contributed by atoms with van der Waals surface area (Å²) in [5, 5.41) is 48.5. The van der Waals surface area contributed by atoms with Gasteiger partial charge in [0.2, 0.25) is 17.3 Å². The molecule has 460 valence electrons. The van der Waals surface area contributed by atoms with Gasteiger partial charge >= 0.3 is 29.2 Å². The second kappa shape index (κ2) is 34.1. The zero-order valence-electron chi connectivity index (χ0n) is 45.0. The number of hydrogen-bond acceptors (Lipinski definition) is 27. The molecular weight excluding hydrogens is 1160 g/mol. The third-order valence-electron chi connectivity index (χ3n) is 12.2. The molecule has 1 saturated heterocycles. The number of nitrogen functional groups attached to an aromatic ring is 1. The van der Waals surface area contributed by atoms with Crippen molar-refractivity contribution in [2.24, 2.45) is 5.41 Å². The molecule has 38 heteroatoms. The molecular formula is C43H77N14O20P3S. The van der Waals surface area contributed by atoms with E-state index in [9.17, 15) is 68.0 Å². The number of aromatic nitrogens is 6. The lowest BCUT2D eigenvalue weighted by Gasteiger charge is -2.30. The van der Waals surface area contributed by atoms with E-state index in [4.69, 9.17) is 24.1 Å². The number of phosphoric ester groups is 3. The summed E-state index contributed by atoms with van der Waals surface area (Å²) in [5.41, 5.74) is 5.27. The molecule has 1 fully saturated rings. The Balaban J connectivity index is 0.00000747. The minimum absolute atomic E-state index is 0. The average molecular weight is 1240 g/mol. The Hall–Kier alpha value is -4.74. The van der Waals surface area contributed by atoms with Crippen LogP contribution in [0.2, 0.25) is 0 Å². The number of nitro benzene ring substituents is 1. The summed E-state index contributed by atoms with van der Waals surface area (Å²) in [6.45, 7) is 1.20. The van der Waals surface area contributed by atoms with Crippen molar-refractivity contribution >= 4 is 91.5 Å². The number of imidazole rings is 1. The van der Waals surface area contributed by atoms with Crippen LogP contribution in [-0.2, 0) is 50.7 Å². The summed E-state index contributed by atoms with van der Waals surface area (Å²) >= 11 is 1.13. The van der Waals surface area contributed by atoms with E-state index in [2.05, 4.69) is 50.1 Å². The van der Waals surface area contributed by atoms with Crippen LogP contribution in [-0.4, -0.2) is 144 Å². The number of benzene rings is 1. The number of nitrogens with zero attached hydrogens (tertiary/aromatic N) is 7. The monoisotopic (exact) mass is 1230 g/mol. The molecule has 7 atom stereocenters. The highest BCUT2D eigenvalue weighted by molar-refractivity contribution is 8.13. The van der Waals surface area contributed by atoms with Gasteiger partial charge in [0.25, 0.3) is 0 Å². The standard InChI is InChI=1S/C43H68N11O20P3S.3H3N/c1-43(2,25-70-77(67,68)74-76(65,66)69-24-30-37(72-75(62,63)64)36(57)42(71-30)53-27-50-35-39(44)48-26-49-40(35)53)38(58)41(59)47-21-19-31(55)46-22-23-78-32(56)16-14-12-10-8-6-4-3-5-7-9-11-13-15-20-45-28-17-18-29(54(60)61)34-33(28)51-73-52-34;;;/h17-18,26-27,30,36-38,42,45,57-58H,3-16,19-25H2,1-2H3,(H,46,55)(H,47,59)(H,65,66)(H,67,68)(H2,44,48,49)(H2,62,63,64);3*1H3/t30-,36+,37?,38+,42-;;;/m1.../s1. The molecule has 4 aromatic rings. The van der Waals surface area contributed by atoms with Crippen molar-refractivity contribution in [1.29, 1.82) is 0 Å². The number of nitrogens with one attached hydrogen (secondary N) is 3. The smallest absolute Gasteiger partial charge is 0.386 e. The van der Waals surface area contributed by atoms with Crippen molar-refractivity contribution < 1.29 is 90.0 Å². The minimum Gasteiger partial charge on any atom is -0.386 e. The van der Waals surface area contributed by atoms with Gasteiger partial charge in [-0.1, -0.05) is 96.2 Å². The third-order valence-corrected chi connectivity index (χ3v) is 16.3. The van der Waals surface area contributed by atoms with Crippen LogP contribution in [0, 0.1) is 15.5 Å². The number of fused-ring (bicyclic) bond motifs is 2. The number of hydrogen-bond donors (Lipinski definition) is 13. The van der Waals surface area contributed by atoms with Gasteiger partial charge in [0, 0.05) is 49.7 Å². The lowest BCUT2D eigenvalue weighted by atomic mass is 9.87. The van der Waals surface area contributed by atoms with E-state index in [1.165, 1.54) is 52.0 Å². The Kier molecular flexibility index (Phi) is 30.5. The Labute approximate surface area is 469 Å². The van der Waals surface area contributed by atoms with E-state index in [0.29, 0.717) is 23.4 Å². The lowest BCUT2D eigenvalue weighted by molar-refractivity contribution is -0.383. The number of ether oxygens (including phenoxy) is 1. The highest BCUT2D eigenvalue weighted by Gasteiger charge is 2.50. The summed E-state index contributed by atoms with van der Waals surface area (Å²) in [6, 6.07) is 3.02. The van der Waals surface area contributed by atoms with Gasteiger partial charge in [0.1, 0.15) is 36.3 Å². The SMILES string of the molecule is CC(C)(COP(=O)(O)OP(=O)(O)OC[C@H]1O[C@@H](n2cnc3c(N)ncnc32)[C@@H](O)C1OP(=O)(O)O)[C@@H](O)C(=O)NCCC(=O)NCCSC(=O)CCCCCCCCCCCCCCCNc1ccc([N+](=O)[O-])c2nonc12.N.N.N. The summed E-state index contributed by atoms with van der Waals surface area (Å²) in [4.78, 5) is 99.3. The fraction of sp³-hybridized carbons (Fsp3) is 0.674. The van der Waals surface area contributed by atoms with Crippen LogP contribution in [0.25, 0.3) is 22.2 Å². The number of anilines is 2. The maximum absolute atomic E-state index is 12.8. The fourth-order valence-corrected chi connectivity index (χ4v) is 11.6. The van der Waals surface area contributed by atoms with Crippen molar-refractivity contribution in [3.05, 3.63) is 34.9 Å². The predicted octanol–water partition coefficient (Wildman–Crippen LogP) is 5.17. The number of nitro groups is 1. The maximum Gasteiger partial charge on any atom is 0.481 e. The number of aliphatic hydroxyl groups excluding tert-OH is 2. The Bertz CT molecular complexity index is 2780. The maximum atomic E-state index is 12.8. The number of aliphatic hydroxyl groups is 2. The van der Waals surface area contributed by atoms with Gasteiger partial charge in [0.05, 0.1) is 30.2 Å². The van der Waals surface area contributed by atoms with Crippen molar-refractivity contribution in [1.82, 2.24) is 58.9 Å². The molecule has 1 aliphatic heterocycles. The molecule has 3 unspecified atom stereocenters. The Morgan fingerprint density at radius 3 is 2.06 bits per heavy atom. The van der Waals surface area contributed by atoms with Crippen LogP contribution in [0.5, 0.6) is 0 Å². The summed E-state index contributed by atoms with van der Waals surface area (Å²) in [5.74, 6) is -1.10. The highest BCUT2D eigenvalue weighted by atomic mass is 32.2. The van der Waals surface area contributed by atoms with Gasteiger partial charge in [0.15, 0.2) is 28.3 Å². The number of non-ortho nitro benzene ring substituents is 1. The number of unbranched alkanes of at least 4 members (excludes halogenated alkanes) is 12. The second-order valence-corrected chi connectivity index (χ2v) is 24.3. The molecule has 5 rings (SSSR count). The van der Waals surface area contributed by atoms with E-state index in [0.717, 1.165) is 86.9 Å². The first kappa shape index (κ1) is 72.4. The first-order chi connectivity index (χ1) is 36.9. The third kappa shape index (κ3) is 23.4. The lowest BCUT2D eigenvalue weighted by Crippen LogP contribution is -2.46. The zero-order valence-corrected chi connectivity index (χ0v) is 48.5. The van der Waals surface area contributed by atoms with Crippen molar-refractivity contribution in [2.45, 2.75) is 141 Å². The molecule has 81 heavy (non-hydrogen) atoms. The number of amides is 2. The number of nitrogens with two attached hydrogens (primary N) is 1. The molecule has 0 saturated carbocycles. The molecule has 3 aromatic heterocycles. The number of phosphoric acid groups is 3. The van der Waals surface area contributed by atoms with Gasteiger partial charge in [-0.25, -0.2) is 33.3 Å². The Morgan fingerprint density at radius 1 is 0.827 bits per heavy atom. The topological polar surface area (TPSA) is 563 Å². The number of carbonyl (C=O) groups excluding carboxylic acids is 3. The van der Waals surface area contributed by atoms with Gasteiger partial charge in [-0.3, -0.25) is 42.6 Å². The average Bonchev–Trinajstić information content (AvgIpc) is 4.11. The van der Waals surface area contributed by atoms with Gasteiger partial charge in [-0.2, -0.15) is 4.31 Å². The minimum atomic E-state index is -5.59. The first-order valence-corrected chi connectivity index (χ1v) is 30.6. The largest absolute Gasteiger partial charge is 0.481 e. The molecule has 20 N–H and O–H groups in total. The fourth-order valence-electron chi connectivity index (χ4n) is 8.07. The molecule has 4 heterocycles. The van der Waals surface area contributed by atoms with Crippen molar-refractivity contribution in [2.75, 3.05) is 49.7 Å². The number of carbonyl (C=O) groups is 3. The molecule has 0 radical (unpaired) electrons. The van der Waals surface area contributed by atoms with Gasteiger partial charge in [-0.05, 0) is 29.2 Å². The van der Waals surface area contributed by atoms with Crippen LogP contribution < -0.4 is 40.1 Å². The zero-order chi connectivity index (χ0) is 57.1. The summed E-state index contributed by atoms with van der Waals surface area (Å²) < 4.78 is 67.2. The van der Waals surface area contributed by atoms with Crippen molar-refractivity contribution in [3.8, 4) is 0 Å². The normalized spacial score (nSPS) is 18.2. The first-order valence-electron chi connectivity index (χ1n) is 25.1. The summed E-state index contributed by atoms with van der Waals surface area (Å²) in [7, 11) is -16.5. The summed E-state index contributed by atoms with van der Waals surface area (Å²) in [6.07, 6.45) is 7.72. The molecule has 0 aliphatic carbocycles. The number of thioether (sulfide) groups is 1. The molecule has 0 bridgehead atoms. The highest BCUT2D eigenvalue weighted by Crippen LogP contribution is 2.61. The quantitative estimate of drug-likeness (QED) is 0.0120. The molecule has 0 spiro atoms. The van der Waals surface area contributed by atoms with Gasteiger partial charge < -0.3 is 74.7 Å². The van der Waals surface area contributed by atoms with E-state index in [1.807, 2.05) is 0 Å². The number of rotatable bonds is 37. The van der Waals surface area contributed by atoms with E-state index in [-0.39, 0.29) is 71.3 Å². The predicted molar refractivity (Wildman–Crippen MR) is 294 cm³/mol. The molecule has 1 aromatic carbocycles. The van der Waals surface area contributed by atoms with Crippen molar-refractivity contribution in [3.63, 3.8) is 0 Å². The van der Waals surface area contributed by atoms with E-state index < -0.39 is 89.5 Å². The van der Waals surface area contributed by atoms with Crippen LogP contribution in [0.4, 0.5) is 17.2 Å². The van der Waals surface area contributed by atoms with E-state index in [1.54, 1.807) is 6.07 Å². The van der Waals surface area contributed by atoms with Gasteiger partial charge in [-0.15, -0.1) is 0 Å². The molecule has 34 nitrogen and oxygen atoms in total. The molecule has 2 amide bonds. The van der Waals surface area contributed by atoms with E-state index >= 15 is 0 Å². The Morgan fingerprint density at radius 2 is 1.43 bits per heavy atom. The van der Waals surface area contributed by atoms with Crippen LogP contribution in [0.3, 0.4) is 0 Å².